The van der Waals surface area contributed by atoms with Crippen molar-refractivity contribution < 1.29 is 9.59 Å². The maximum atomic E-state index is 11.8. The van der Waals surface area contributed by atoms with Gasteiger partial charge in [0.1, 0.15) is 5.52 Å². The Hall–Kier alpha value is -2.68. The summed E-state index contributed by atoms with van der Waals surface area (Å²) < 4.78 is 2.07. The summed E-state index contributed by atoms with van der Waals surface area (Å²) in [6.07, 6.45) is 0.807. The number of urea groups is 1. The van der Waals surface area contributed by atoms with Crippen LogP contribution in [0.25, 0.3) is 22.1 Å². The summed E-state index contributed by atoms with van der Waals surface area (Å²) in [4.78, 5) is 27.9. The molecule has 0 aliphatic carbocycles. The van der Waals surface area contributed by atoms with Crippen molar-refractivity contribution in [3.8, 4) is 0 Å². The van der Waals surface area contributed by atoms with Gasteiger partial charge < -0.3 is 9.88 Å². The Bertz CT molecular complexity index is 955. The van der Waals surface area contributed by atoms with Gasteiger partial charge in [-0.2, -0.15) is 0 Å². The monoisotopic (exact) mass is 372 g/mol. The summed E-state index contributed by atoms with van der Waals surface area (Å²) in [5.41, 5.74) is 2.54. The first kappa shape index (κ1) is 18.1. The Morgan fingerprint density at radius 2 is 2.00 bits per heavy atom. The molecule has 3 rings (SSSR count). The number of rotatable bonds is 6. The Kier molecular flexibility index (Phi) is 5.67. The normalized spacial score (nSPS) is 11.0. The number of thioether (sulfide) groups is 1. The zero-order valence-electron chi connectivity index (χ0n) is 14.7. The zero-order valence-corrected chi connectivity index (χ0v) is 15.5. The van der Waals surface area contributed by atoms with Crippen molar-refractivity contribution in [2.75, 3.05) is 12.3 Å². The molecule has 0 aliphatic rings. The number of carbonyl (C=O) groups excluding carboxylic acids is 2. The minimum atomic E-state index is -0.488. The van der Waals surface area contributed by atoms with Crippen LogP contribution >= 0.6 is 11.8 Å². The standard InChI is InChI=1S/C17H20N6O2S/c1-3-9-18-16(25)19-13(24)10-26-17-20-15-14(21-22-17)11-7-5-6-8-12(11)23(15)4-2/h5-8H,3-4,9-10H2,1-2H3,(H2,18,19,24,25). The Labute approximate surface area is 154 Å². The van der Waals surface area contributed by atoms with Crippen LogP contribution in [0.15, 0.2) is 29.4 Å². The van der Waals surface area contributed by atoms with E-state index in [0.717, 1.165) is 46.8 Å². The van der Waals surface area contributed by atoms with Crippen molar-refractivity contribution >= 4 is 45.8 Å². The number of hydrogen-bond acceptors (Lipinski definition) is 6. The van der Waals surface area contributed by atoms with Crippen LogP contribution in [0.2, 0.25) is 0 Å². The first-order valence-corrected chi connectivity index (χ1v) is 9.44. The van der Waals surface area contributed by atoms with Crippen molar-refractivity contribution in [1.82, 2.24) is 30.4 Å². The fourth-order valence-electron chi connectivity index (χ4n) is 2.65. The quantitative estimate of drug-likeness (QED) is 0.644. The van der Waals surface area contributed by atoms with Gasteiger partial charge in [0.25, 0.3) is 0 Å². The lowest BCUT2D eigenvalue weighted by atomic mass is 10.2. The number of nitrogens with zero attached hydrogens (tertiary/aromatic N) is 4. The summed E-state index contributed by atoms with van der Waals surface area (Å²) in [7, 11) is 0. The molecule has 0 atom stereocenters. The summed E-state index contributed by atoms with van der Waals surface area (Å²) in [6, 6.07) is 7.47. The molecule has 9 heteroatoms. The molecule has 0 bridgehead atoms. The largest absolute Gasteiger partial charge is 0.338 e. The van der Waals surface area contributed by atoms with E-state index < -0.39 is 11.9 Å². The van der Waals surface area contributed by atoms with Crippen molar-refractivity contribution in [3.63, 3.8) is 0 Å². The molecule has 0 radical (unpaired) electrons. The molecule has 8 nitrogen and oxygen atoms in total. The van der Waals surface area contributed by atoms with Gasteiger partial charge in [0.05, 0.1) is 11.3 Å². The van der Waals surface area contributed by atoms with Gasteiger partial charge in [-0.3, -0.25) is 10.1 Å². The average molecular weight is 372 g/mol. The lowest BCUT2D eigenvalue weighted by molar-refractivity contribution is -0.117. The second kappa shape index (κ2) is 8.13. The number of para-hydroxylation sites is 1. The van der Waals surface area contributed by atoms with Gasteiger partial charge in [0.15, 0.2) is 5.65 Å². The van der Waals surface area contributed by atoms with E-state index in [1.165, 1.54) is 0 Å². The number of hydrogen-bond donors (Lipinski definition) is 2. The first-order valence-electron chi connectivity index (χ1n) is 8.46. The Balaban J connectivity index is 1.74. The highest BCUT2D eigenvalue weighted by Crippen LogP contribution is 2.26. The van der Waals surface area contributed by atoms with Gasteiger partial charge in [-0.25, -0.2) is 9.78 Å². The maximum absolute atomic E-state index is 11.8. The molecule has 0 unspecified atom stereocenters. The number of carbonyl (C=O) groups is 2. The van der Waals surface area contributed by atoms with Gasteiger partial charge in [0, 0.05) is 18.5 Å². The highest BCUT2D eigenvalue weighted by atomic mass is 32.2. The molecule has 2 N–H and O–H groups in total. The molecule has 0 spiro atoms. The van der Waals surface area contributed by atoms with Gasteiger partial charge >= 0.3 is 6.03 Å². The molecular formula is C17H20N6O2S. The second-order valence-electron chi connectivity index (χ2n) is 5.62. The summed E-state index contributed by atoms with van der Waals surface area (Å²) in [6.45, 7) is 5.26. The van der Waals surface area contributed by atoms with E-state index in [-0.39, 0.29) is 5.75 Å². The van der Waals surface area contributed by atoms with Crippen LogP contribution in [0.3, 0.4) is 0 Å². The van der Waals surface area contributed by atoms with Crippen molar-refractivity contribution in [2.45, 2.75) is 32.0 Å². The van der Waals surface area contributed by atoms with Crippen LogP contribution in [0.1, 0.15) is 20.3 Å². The number of imide groups is 1. The lowest BCUT2D eigenvalue weighted by Crippen LogP contribution is -2.40. The van der Waals surface area contributed by atoms with Gasteiger partial charge in [-0.15, -0.1) is 10.2 Å². The highest BCUT2D eigenvalue weighted by Gasteiger charge is 2.15. The third kappa shape index (κ3) is 3.77. The Morgan fingerprint density at radius 1 is 1.19 bits per heavy atom. The third-order valence-corrected chi connectivity index (χ3v) is 4.63. The van der Waals surface area contributed by atoms with E-state index in [0.29, 0.717) is 11.7 Å². The molecule has 26 heavy (non-hydrogen) atoms. The fourth-order valence-corrected chi connectivity index (χ4v) is 3.23. The van der Waals surface area contributed by atoms with E-state index in [2.05, 4.69) is 30.4 Å². The number of aryl methyl sites for hydroxylation is 1. The summed E-state index contributed by atoms with van der Waals surface area (Å²) >= 11 is 1.15. The molecule has 3 aromatic rings. The SMILES string of the molecule is CCCNC(=O)NC(=O)CSc1nnc2c3ccccc3n(CC)c2n1. The predicted octanol–water partition coefficient (Wildman–Crippen LogP) is 2.33. The topological polar surface area (TPSA) is 102 Å². The van der Waals surface area contributed by atoms with Gasteiger partial charge in [0.2, 0.25) is 11.1 Å². The van der Waals surface area contributed by atoms with Crippen molar-refractivity contribution in [2.24, 2.45) is 0 Å². The fraction of sp³-hybridized carbons (Fsp3) is 0.353. The van der Waals surface area contributed by atoms with Crippen LogP contribution < -0.4 is 10.6 Å². The number of benzene rings is 1. The van der Waals surface area contributed by atoms with Crippen LogP contribution in [0, 0.1) is 0 Å². The zero-order chi connectivity index (χ0) is 18.5. The summed E-state index contributed by atoms with van der Waals surface area (Å²) in [5.74, 6) is -0.359. The molecule has 1 aromatic carbocycles. The average Bonchev–Trinajstić information content (AvgIpc) is 2.97. The summed E-state index contributed by atoms with van der Waals surface area (Å²) in [5, 5.41) is 14.7. The minimum Gasteiger partial charge on any atom is -0.338 e. The lowest BCUT2D eigenvalue weighted by Gasteiger charge is -2.05. The third-order valence-electron chi connectivity index (χ3n) is 3.79. The molecule has 0 aliphatic heterocycles. The van der Waals surface area contributed by atoms with E-state index in [9.17, 15) is 9.59 Å². The number of nitrogens with one attached hydrogen (secondary N) is 2. The number of amides is 3. The molecule has 0 saturated carbocycles. The maximum Gasteiger partial charge on any atom is 0.321 e. The highest BCUT2D eigenvalue weighted by molar-refractivity contribution is 7.99. The van der Waals surface area contributed by atoms with Crippen LogP contribution in [-0.2, 0) is 11.3 Å². The molecule has 0 saturated heterocycles. The van der Waals surface area contributed by atoms with E-state index in [1.807, 2.05) is 38.1 Å². The van der Waals surface area contributed by atoms with E-state index >= 15 is 0 Å². The van der Waals surface area contributed by atoms with Crippen LogP contribution in [-0.4, -0.2) is 44.0 Å². The molecule has 0 fully saturated rings. The second-order valence-corrected chi connectivity index (χ2v) is 6.56. The number of aromatic nitrogens is 4. The van der Waals surface area contributed by atoms with Crippen LogP contribution in [0.5, 0.6) is 0 Å². The molecule has 136 valence electrons. The predicted molar refractivity (Wildman–Crippen MR) is 101 cm³/mol. The molecular weight excluding hydrogens is 352 g/mol. The molecule has 2 heterocycles. The van der Waals surface area contributed by atoms with Gasteiger partial charge in [-0.05, 0) is 19.4 Å². The van der Waals surface area contributed by atoms with E-state index in [4.69, 9.17) is 0 Å². The minimum absolute atomic E-state index is 0.0408. The smallest absolute Gasteiger partial charge is 0.321 e. The molecule has 2 aromatic heterocycles. The van der Waals surface area contributed by atoms with E-state index in [1.54, 1.807) is 0 Å². The van der Waals surface area contributed by atoms with Crippen molar-refractivity contribution in [1.29, 1.82) is 0 Å². The first-order chi connectivity index (χ1) is 12.6. The van der Waals surface area contributed by atoms with Crippen molar-refractivity contribution in [3.05, 3.63) is 24.3 Å². The Morgan fingerprint density at radius 3 is 2.77 bits per heavy atom. The molecule has 3 amide bonds. The number of fused-ring (bicyclic) bond motifs is 3. The van der Waals surface area contributed by atoms with Crippen LogP contribution in [0.4, 0.5) is 4.79 Å². The van der Waals surface area contributed by atoms with Gasteiger partial charge in [-0.1, -0.05) is 36.9 Å².